The van der Waals surface area contributed by atoms with Gasteiger partial charge in [0, 0.05) is 13.1 Å². The quantitative estimate of drug-likeness (QED) is 0.433. The number of carbonyl (C=O) groups is 3. The second kappa shape index (κ2) is 6.38. The summed E-state index contributed by atoms with van der Waals surface area (Å²) in [5.74, 6) is -1.37. The standard InChI is InChI=1S/C14H22N6O4/c15-12(22)10-7-14(13(16)23,18-17-10)9-1-3-19(4-2-9)20-5-6-24-8-11(20)21/h7,9,17-18H,1-6,8H2,(H2,15,22)(H2,16,23). The summed E-state index contributed by atoms with van der Waals surface area (Å²) in [5.41, 5.74) is 15.3. The molecule has 6 N–H and O–H groups in total. The Morgan fingerprint density at radius 2 is 1.96 bits per heavy atom. The van der Waals surface area contributed by atoms with E-state index >= 15 is 0 Å². The van der Waals surface area contributed by atoms with Gasteiger partial charge >= 0.3 is 0 Å². The number of nitrogens with two attached hydrogens (primary N) is 2. The van der Waals surface area contributed by atoms with Gasteiger partial charge in [0.25, 0.3) is 11.8 Å². The van der Waals surface area contributed by atoms with E-state index in [-0.39, 0.29) is 24.1 Å². The Balaban J connectivity index is 1.69. The topological polar surface area (TPSA) is 143 Å². The molecule has 132 valence electrons. The Labute approximate surface area is 139 Å². The molecule has 0 aromatic carbocycles. The summed E-state index contributed by atoms with van der Waals surface area (Å²) in [6.07, 6.45) is 2.77. The molecule has 2 fully saturated rings. The molecule has 2 saturated heterocycles. The third kappa shape index (κ3) is 2.83. The maximum Gasteiger partial charge on any atom is 0.265 e. The highest BCUT2D eigenvalue weighted by atomic mass is 16.5. The summed E-state index contributed by atoms with van der Waals surface area (Å²) in [4.78, 5) is 35.3. The molecule has 0 saturated carbocycles. The van der Waals surface area contributed by atoms with Crippen LogP contribution >= 0.6 is 0 Å². The van der Waals surface area contributed by atoms with Gasteiger partial charge in [-0.2, -0.15) is 0 Å². The minimum absolute atomic E-state index is 0.0547. The highest BCUT2D eigenvalue weighted by Crippen LogP contribution is 2.32. The van der Waals surface area contributed by atoms with Crippen LogP contribution in [-0.4, -0.2) is 66.1 Å². The van der Waals surface area contributed by atoms with Gasteiger partial charge in [-0.1, -0.05) is 0 Å². The van der Waals surface area contributed by atoms with Gasteiger partial charge in [-0.3, -0.25) is 19.4 Å². The Bertz CT molecular complexity index is 586. The lowest BCUT2D eigenvalue weighted by Crippen LogP contribution is -2.62. The number of hydrazine groups is 2. The van der Waals surface area contributed by atoms with Crippen molar-refractivity contribution in [2.24, 2.45) is 17.4 Å². The number of morpholine rings is 1. The fraction of sp³-hybridized carbons (Fsp3) is 0.643. The Hall–Kier alpha value is -2.17. The maximum atomic E-state index is 12.1. The van der Waals surface area contributed by atoms with Crippen molar-refractivity contribution in [1.82, 2.24) is 20.9 Å². The number of nitrogens with one attached hydrogen (secondary N) is 2. The van der Waals surface area contributed by atoms with Crippen LogP contribution in [0.25, 0.3) is 0 Å². The summed E-state index contributed by atoms with van der Waals surface area (Å²) in [6.45, 7) is 2.39. The molecule has 10 nitrogen and oxygen atoms in total. The summed E-state index contributed by atoms with van der Waals surface area (Å²) in [6, 6.07) is 0. The normalized spacial score (nSPS) is 29.2. The van der Waals surface area contributed by atoms with Gasteiger partial charge in [-0.25, -0.2) is 10.4 Å². The van der Waals surface area contributed by atoms with Gasteiger partial charge in [0.05, 0.1) is 13.2 Å². The minimum Gasteiger partial charge on any atom is -0.370 e. The van der Waals surface area contributed by atoms with Gasteiger partial charge in [-0.05, 0) is 24.8 Å². The van der Waals surface area contributed by atoms with Crippen molar-refractivity contribution < 1.29 is 19.1 Å². The molecule has 1 unspecified atom stereocenters. The summed E-state index contributed by atoms with van der Waals surface area (Å²) in [5, 5.41) is 3.69. The second-order valence-corrected chi connectivity index (χ2v) is 6.20. The number of amides is 3. The van der Waals surface area contributed by atoms with E-state index < -0.39 is 17.4 Å². The van der Waals surface area contributed by atoms with Crippen LogP contribution in [0, 0.1) is 5.92 Å². The SMILES string of the molecule is NC(=O)C1=CC(C(N)=O)(C2CCN(N3CCOCC3=O)CC2)NN1. The first kappa shape index (κ1) is 16.7. The summed E-state index contributed by atoms with van der Waals surface area (Å²) in [7, 11) is 0. The zero-order valence-corrected chi connectivity index (χ0v) is 13.3. The van der Waals surface area contributed by atoms with Crippen molar-refractivity contribution in [3.8, 4) is 0 Å². The number of rotatable bonds is 4. The monoisotopic (exact) mass is 338 g/mol. The number of nitrogens with zero attached hydrogens (tertiary/aromatic N) is 2. The van der Waals surface area contributed by atoms with Crippen LogP contribution < -0.4 is 22.3 Å². The van der Waals surface area contributed by atoms with E-state index in [0.717, 1.165) is 0 Å². The lowest BCUT2D eigenvalue weighted by molar-refractivity contribution is -0.169. The predicted molar refractivity (Wildman–Crippen MR) is 82.3 cm³/mol. The molecular formula is C14H22N6O4. The van der Waals surface area contributed by atoms with Gasteiger partial charge < -0.3 is 21.6 Å². The molecule has 0 aliphatic carbocycles. The minimum atomic E-state index is -1.15. The first-order valence-electron chi connectivity index (χ1n) is 7.93. The van der Waals surface area contributed by atoms with E-state index in [2.05, 4.69) is 10.9 Å². The van der Waals surface area contributed by atoms with Crippen LogP contribution in [0.5, 0.6) is 0 Å². The lowest BCUT2D eigenvalue weighted by Gasteiger charge is -2.44. The van der Waals surface area contributed by atoms with Crippen molar-refractivity contribution in [3.05, 3.63) is 11.8 Å². The molecule has 3 heterocycles. The molecular weight excluding hydrogens is 316 g/mol. The zero-order chi connectivity index (χ0) is 17.3. The molecule has 0 aromatic rings. The summed E-state index contributed by atoms with van der Waals surface area (Å²) >= 11 is 0. The van der Waals surface area contributed by atoms with Crippen molar-refractivity contribution in [3.63, 3.8) is 0 Å². The van der Waals surface area contributed by atoms with Crippen molar-refractivity contribution >= 4 is 17.7 Å². The molecule has 3 rings (SSSR count). The second-order valence-electron chi connectivity index (χ2n) is 6.20. The van der Waals surface area contributed by atoms with E-state index in [1.807, 2.05) is 5.01 Å². The molecule has 1 atom stereocenters. The average Bonchev–Trinajstić information content (AvgIpc) is 3.02. The molecule has 0 aromatic heterocycles. The fourth-order valence-corrected chi connectivity index (χ4v) is 3.53. The first-order valence-corrected chi connectivity index (χ1v) is 7.93. The highest BCUT2D eigenvalue weighted by Gasteiger charge is 2.48. The first-order chi connectivity index (χ1) is 11.4. The van der Waals surface area contributed by atoms with Crippen LogP contribution in [0.3, 0.4) is 0 Å². The fourth-order valence-electron chi connectivity index (χ4n) is 3.53. The van der Waals surface area contributed by atoms with E-state index in [0.29, 0.717) is 39.1 Å². The number of carbonyl (C=O) groups excluding carboxylic acids is 3. The number of hydrogen-bond acceptors (Lipinski definition) is 7. The van der Waals surface area contributed by atoms with Crippen LogP contribution in [0.2, 0.25) is 0 Å². The van der Waals surface area contributed by atoms with E-state index in [4.69, 9.17) is 16.2 Å². The van der Waals surface area contributed by atoms with Crippen LogP contribution in [-0.2, 0) is 19.1 Å². The number of ether oxygens (including phenoxy) is 1. The van der Waals surface area contributed by atoms with Gasteiger partial charge in [-0.15, -0.1) is 0 Å². The Kier molecular flexibility index (Phi) is 4.43. The lowest BCUT2D eigenvalue weighted by atomic mass is 9.77. The predicted octanol–water partition coefficient (Wildman–Crippen LogP) is -2.83. The van der Waals surface area contributed by atoms with Crippen molar-refractivity contribution in [2.75, 3.05) is 32.8 Å². The highest BCUT2D eigenvalue weighted by molar-refractivity contribution is 5.96. The third-order valence-corrected chi connectivity index (χ3v) is 4.87. The molecule has 0 spiro atoms. The smallest absolute Gasteiger partial charge is 0.265 e. The number of primary amides is 2. The van der Waals surface area contributed by atoms with Crippen LogP contribution in [0.15, 0.2) is 11.8 Å². The van der Waals surface area contributed by atoms with Crippen LogP contribution in [0.1, 0.15) is 12.8 Å². The largest absolute Gasteiger partial charge is 0.370 e. The van der Waals surface area contributed by atoms with Crippen molar-refractivity contribution in [2.45, 2.75) is 18.4 Å². The molecule has 3 aliphatic rings. The van der Waals surface area contributed by atoms with E-state index in [1.54, 1.807) is 5.01 Å². The summed E-state index contributed by atoms with van der Waals surface area (Å²) < 4.78 is 5.14. The van der Waals surface area contributed by atoms with E-state index in [9.17, 15) is 14.4 Å². The van der Waals surface area contributed by atoms with Gasteiger partial charge in [0.1, 0.15) is 17.8 Å². The molecule has 10 heteroatoms. The van der Waals surface area contributed by atoms with Crippen LogP contribution in [0.4, 0.5) is 0 Å². The van der Waals surface area contributed by atoms with Crippen molar-refractivity contribution in [1.29, 1.82) is 0 Å². The maximum absolute atomic E-state index is 12.1. The van der Waals surface area contributed by atoms with E-state index in [1.165, 1.54) is 6.08 Å². The average molecular weight is 338 g/mol. The molecule has 3 amide bonds. The molecule has 0 bridgehead atoms. The Morgan fingerprint density at radius 1 is 1.25 bits per heavy atom. The van der Waals surface area contributed by atoms with Gasteiger partial charge in [0.2, 0.25) is 5.91 Å². The number of hydrogen-bond donors (Lipinski definition) is 4. The zero-order valence-electron chi connectivity index (χ0n) is 13.3. The number of piperidine rings is 1. The third-order valence-electron chi connectivity index (χ3n) is 4.87. The molecule has 0 radical (unpaired) electrons. The van der Waals surface area contributed by atoms with Gasteiger partial charge in [0.15, 0.2) is 0 Å². The molecule has 3 aliphatic heterocycles. The molecule has 24 heavy (non-hydrogen) atoms. The Morgan fingerprint density at radius 3 is 2.50 bits per heavy atom.